The Bertz CT molecular complexity index is 782. The summed E-state index contributed by atoms with van der Waals surface area (Å²) in [6.07, 6.45) is 0. The van der Waals surface area contributed by atoms with Crippen LogP contribution >= 0.6 is 12.4 Å². The van der Waals surface area contributed by atoms with Gasteiger partial charge in [0.05, 0.1) is 4.92 Å². The maximum atomic E-state index is 13.0. The molecule has 0 saturated carbocycles. The van der Waals surface area contributed by atoms with Crippen LogP contribution in [0.5, 0.6) is 0 Å². The van der Waals surface area contributed by atoms with Gasteiger partial charge < -0.3 is 20.0 Å². The highest BCUT2D eigenvalue weighted by Gasteiger charge is 2.31. The minimum absolute atomic E-state index is 0. The van der Waals surface area contributed by atoms with Crippen molar-refractivity contribution >= 4 is 35.6 Å². The zero-order chi connectivity index (χ0) is 20.4. The van der Waals surface area contributed by atoms with E-state index >= 15 is 0 Å². The minimum atomic E-state index is -0.437. The number of piperazine rings is 2. The maximum absolute atomic E-state index is 13.0. The number of nitro groups is 1. The number of carbonyl (C=O) groups is 2. The molecule has 29 heavy (non-hydrogen) atoms. The molecule has 1 aromatic rings. The van der Waals surface area contributed by atoms with Gasteiger partial charge in [0, 0.05) is 69.9 Å². The number of hydrogen-bond donors (Lipinski definition) is 1. The molecule has 3 rings (SSSR count). The molecule has 2 saturated heterocycles. The molecule has 2 heterocycles. The highest BCUT2D eigenvalue weighted by atomic mass is 35.5. The van der Waals surface area contributed by atoms with Crippen LogP contribution in [0.3, 0.4) is 0 Å². The van der Waals surface area contributed by atoms with E-state index in [1.807, 2.05) is 18.7 Å². The lowest BCUT2D eigenvalue weighted by molar-refractivity contribution is -0.384. The van der Waals surface area contributed by atoms with Crippen molar-refractivity contribution in [3.63, 3.8) is 0 Å². The molecule has 0 radical (unpaired) electrons. The molecule has 0 aliphatic carbocycles. The van der Waals surface area contributed by atoms with Crippen LogP contribution in [0, 0.1) is 10.1 Å². The normalized spacial score (nSPS) is 22.1. The van der Waals surface area contributed by atoms with Gasteiger partial charge in [-0.3, -0.25) is 19.7 Å². The second kappa shape index (κ2) is 9.41. The van der Waals surface area contributed by atoms with E-state index in [4.69, 9.17) is 0 Å². The Morgan fingerprint density at radius 2 is 1.79 bits per heavy atom. The Morgan fingerprint density at radius 1 is 1.14 bits per heavy atom. The van der Waals surface area contributed by atoms with Crippen molar-refractivity contribution in [1.82, 2.24) is 15.1 Å². The fourth-order valence-corrected chi connectivity index (χ4v) is 3.84. The summed E-state index contributed by atoms with van der Waals surface area (Å²) >= 11 is 0. The molecule has 2 atom stereocenters. The number of halogens is 1. The standard InChI is InChI=1S/C19H27N5O4.ClH/c1-13-14(2)23(7-6-20-13)19(26)16-4-5-17(18(12-16)24(27)28)22-10-8-21(9-11-22)15(3)25;/h4-5,12-14,20H,6-11H2,1-3H3;1H. The Morgan fingerprint density at radius 3 is 2.38 bits per heavy atom. The first-order valence-electron chi connectivity index (χ1n) is 9.63. The van der Waals surface area contributed by atoms with Gasteiger partial charge in [-0.2, -0.15) is 0 Å². The van der Waals surface area contributed by atoms with Crippen molar-refractivity contribution in [3.05, 3.63) is 33.9 Å². The average Bonchev–Trinajstić information content (AvgIpc) is 2.69. The van der Waals surface area contributed by atoms with Gasteiger partial charge in [0.1, 0.15) is 5.69 Å². The highest BCUT2D eigenvalue weighted by molar-refractivity contribution is 5.96. The smallest absolute Gasteiger partial charge is 0.293 e. The van der Waals surface area contributed by atoms with Crippen molar-refractivity contribution in [3.8, 4) is 0 Å². The van der Waals surface area contributed by atoms with Crippen molar-refractivity contribution in [2.24, 2.45) is 0 Å². The molecule has 1 aromatic carbocycles. The lowest BCUT2D eigenvalue weighted by Crippen LogP contribution is -2.57. The Kier molecular flexibility index (Phi) is 7.43. The number of rotatable bonds is 3. The summed E-state index contributed by atoms with van der Waals surface area (Å²) in [7, 11) is 0. The van der Waals surface area contributed by atoms with E-state index in [0.717, 1.165) is 0 Å². The van der Waals surface area contributed by atoms with Gasteiger partial charge in [0.2, 0.25) is 5.91 Å². The molecule has 9 nitrogen and oxygen atoms in total. The third kappa shape index (κ3) is 4.79. The van der Waals surface area contributed by atoms with Gasteiger partial charge in [0.15, 0.2) is 0 Å². The molecule has 2 aliphatic rings. The number of nitro benzene ring substituents is 1. The molecule has 2 unspecified atom stereocenters. The molecule has 2 aliphatic heterocycles. The monoisotopic (exact) mass is 425 g/mol. The van der Waals surface area contributed by atoms with E-state index < -0.39 is 4.92 Å². The summed E-state index contributed by atoms with van der Waals surface area (Å²) in [6.45, 7) is 8.93. The predicted molar refractivity (Wildman–Crippen MR) is 113 cm³/mol. The molecule has 1 N–H and O–H groups in total. The van der Waals surface area contributed by atoms with Gasteiger partial charge >= 0.3 is 0 Å². The largest absolute Gasteiger partial charge is 0.362 e. The Balaban J connectivity index is 0.00000300. The van der Waals surface area contributed by atoms with Gasteiger partial charge in [-0.15, -0.1) is 12.4 Å². The van der Waals surface area contributed by atoms with Gasteiger partial charge in [-0.1, -0.05) is 0 Å². The fraction of sp³-hybridized carbons (Fsp3) is 0.579. The molecule has 0 bridgehead atoms. The Hall–Kier alpha value is -2.39. The number of anilines is 1. The van der Waals surface area contributed by atoms with Crippen LogP contribution in [0.4, 0.5) is 11.4 Å². The molecular weight excluding hydrogens is 398 g/mol. The fourth-order valence-electron chi connectivity index (χ4n) is 3.84. The van der Waals surface area contributed by atoms with Crippen molar-refractivity contribution in [2.75, 3.05) is 44.2 Å². The van der Waals surface area contributed by atoms with E-state index in [0.29, 0.717) is 50.5 Å². The van der Waals surface area contributed by atoms with E-state index in [1.165, 1.54) is 13.0 Å². The first-order chi connectivity index (χ1) is 13.3. The maximum Gasteiger partial charge on any atom is 0.293 e. The molecular formula is C19H28ClN5O4. The van der Waals surface area contributed by atoms with E-state index in [9.17, 15) is 19.7 Å². The van der Waals surface area contributed by atoms with Crippen molar-refractivity contribution < 1.29 is 14.5 Å². The van der Waals surface area contributed by atoms with Crippen LogP contribution in [-0.4, -0.2) is 77.9 Å². The SMILES string of the molecule is CC(=O)N1CCN(c2ccc(C(=O)N3CCNC(C)C3C)cc2[N+](=O)[O-])CC1.Cl. The topological polar surface area (TPSA) is 99.0 Å². The molecule has 2 fully saturated rings. The molecule has 0 aromatic heterocycles. The zero-order valence-corrected chi connectivity index (χ0v) is 17.8. The number of carbonyl (C=O) groups excluding carboxylic acids is 2. The molecule has 2 amide bonds. The zero-order valence-electron chi connectivity index (χ0n) is 17.0. The van der Waals surface area contributed by atoms with Crippen molar-refractivity contribution in [2.45, 2.75) is 32.9 Å². The molecule has 10 heteroatoms. The second-order valence-corrected chi connectivity index (χ2v) is 7.44. The van der Waals surface area contributed by atoms with E-state index in [1.54, 1.807) is 21.9 Å². The second-order valence-electron chi connectivity index (χ2n) is 7.44. The third-order valence-corrected chi connectivity index (χ3v) is 5.78. The quantitative estimate of drug-likeness (QED) is 0.582. The van der Waals surface area contributed by atoms with Gasteiger partial charge in [0.25, 0.3) is 11.6 Å². The predicted octanol–water partition coefficient (Wildman–Crippen LogP) is 1.51. The lowest BCUT2D eigenvalue weighted by atomic mass is 10.0. The first kappa shape index (κ1) is 22.9. The summed E-state index contributed by atoms with van der Waals surface area (Å²) in [5.74, 6) is -0.175. The number of nitrogens with one attached hydrogen (secondary N) is 1. The van der Waals surface area contributed by atoms with Crippen LogP contribution in [-0.2, 0) is 4.79 Å². The number of nitrogens with zero attached hydrogens (tertiary/aromatic N) is 4. The summed E-state index contributed by atoms with van der Waals surface area (Å²) < 4.78 is 0. The van der Waals surface area contributed by atoms with Crippen molar-refractivity contribution in [1.29, 1.82) is 0 Å². The summed E-state index contributed by atoms with van der Waals surface area (Å²) in [5.41, 5.74) is 0.753. The number of benzene rings is 1. The number of hydrogen-bond acceptors (Lipinski definition) is 6. The van der Waals surface area contributed by atoms with Crippen LogP contribution < -0.4 is 10.2 Å². The third-order valence-electron chi connectivity index (χ3n) is 5.78. The lowest BCUT2D eigenvalue weighted by Gasteiger charge is -2.38. The molecule has 160 valence electrons. The van der Waals surface area contributed by atoms with E-state index in [-0.39, 0.29) is 42.0 Å². The summed E-state index contributed by atoms with van der Waals surface area (Å²) in [4.78, 5) is 41.1. The minimum Gasteiger partial charge on any atom is -0.362 e. The first-order valence-corrected chi connectivity index (χ1v) is 9.63. The summed E-state index contributed by atoms with van der Waals surface area (Å²) in [5, 5.41) is 15.0. The average molecular weight is 426 g/mol. The number of amides is 2. The molecule has 0 spiro atoms. The van der Waals surface area contributed by atoms with Gasteiger partial charge in [-0.05, 0) is 26.0 Å². The highest BCUT2D eigenvalue weighted by Crippen LogP contribution is 2.31. The summed E-state index contributed by atoms with van der Waals surface area (Å²) in [6, 6.07) is 4.89. The van der Waals surface area contributed by atoms with Gasteiger partial charge in [-0.25, -0.2) is 0 Å². The van der Waals surface area contributed by atoms with Crippen LogP contribution in [0.25, 0.3) is 0 Å². The Labute approximate surface area is 176 Å². The van der Waals surface area contributed by atoms with E-state index in [2.05, 4.69) is 5.32 Å². The van der Waals surface area contributed by atoms with Crippen LogP contribution in [0.2, 0.25) is 0 Å². The van der Waals surface area contributed by atoms with Crippen LogP contribution in [0.15, 0.2) is 18.2 Å². The van der Waals surface area contributed by atoms with Crippen LogP contribution in [0.1, 0.15) is 31.1 Å².